The summed E-state index contributed by atoms with van der Waals surface area (Å²) in [5.74, 6) is -0.0253. The van der Waals surface area contributed by atoms with E-state index in [9.17, 15) is 9.59 Å². The molecule has 3 rings (SSSR count). The van der Waals surface area contributed by atoms with Crippen molar-refractivity contribution in [2.24, 2.45) is 0 Å². The van der Waals surface area contributed by atoms with E-state index in [1.807, 2.05) is 30.0 Å². The summed E-state index contributed by atoms with van der Waals surface area (Å²) in [5.41, 5.74) is 2.14. The Morgan fingerprint density at radius 3 is 2.75 bits per heavy atom. The van der Waals surface area contributed by atoms with Crippen LogP contribution < -0.4 is 16.0 Å². The highest BCUT2D eigenvalue weighted by Gasteiger charge is 2.41. The van der Waals surface area contributed by atoms with E-state index >= 15 is 0 Å². The second kappa shape index (κ2) is 6.71. The van der Waals surface area contributed by atoms with Crippen LogP contribution in [0, 0.1) is 6.92 Å². The van der Waals surface area contributed by atoms with Crippen LogP contribution in [0.1, 0.15) is 48.5 Å². The lowest BCUT2D eigenvalue weighted by molar-refractivity contribution is 0.0847. The quantitative estimate of drug-likeness (QED) is 0.745. The molecule has 2 aliphatic rings. The number of nitrogens with zero attached hydrogens (tertiary/aromatic N) is 1. The number of urea groups is 1. The molecule has 6 nitrogen and oxygen atoms in total. The van der Waals surface area contributed by atoms with Gasteiger partial charge < -0.3 is 20.9 Å². The second-order valence-corrected chi connectivity index (χ2v) is 6.73. The van der Waals surface area contributed by atoms with Gasteiger partial charge in [0.1, 0.15) is 5.66 Å². The molecule has 6 heteroatoms. The van der Waals surface area contributed by atoms with Crippen molar-refractivity contribution in [1.29, 1.82) is 0 Å². The highest BCUT2D eigenvalue weighted by Crippen LogP contribution is 2.32. The van der Waals surface area contributed by atoms with Crippen LogP contribution in [0.3, 0.4) is 0 Å². The molecule has 0 aromatic heterocycles. The lowest BCUT2D eigenvalue weighted by Crippen LogP contribution is -2.63. The van der Waals surface area contributed by atoms with Crippen LogP contribution in [-0.2, 0) is 0 Å². The number of aryl methyl sites for hydroxylation is 1. The van der Waals surface area contributed by atoms with Crippen molar-refractivity contribution < 1.29 is 9.59 Å². The first-order valence-electron chi connectivity index (χ1n) is 8.78. The molecule has 1 aromatic carbocycles. The van der Waals surface area contributed by atoms with Crippen LogP contribution in [0.4, 0.5) is 10.5 Å². The number of likely N-dealkylation sites (tertiary alicyclic amines) is 1. The Balaban J connectivity index is 1.64. The average Bonchev–Trinajstić information content (AvgIpc) is 2.55. The number of piperidine rings is 1. The number of nitrogens with one attached hydrogen (secondary N) is 3. The van der Waals surface area contributed by atoms with Gasteiger partial charge in [-0.05, 0) is 25.0 Å². The summed E-state index contributed by atoms with van der Waals surface area (Å²) >= 11 is 0. The van der Waals surface area contributed by atoms with E-state index < -0.39 is 5.66 Å². The van der Waals surface area contributed by atoms with Gasteiger partial charge in [0.05, 0.1) is 5.56 Å². The van der Waals surface area contributed by atoms with Crippen LogP contribution in [0.15, 0.2) is 18.2 Å². The fourth-order valence-electron chi connectivity index (χ4n) is 3.47. The second-order valence-electron chi connectivity index (χ2n) is 6.73. The van der Waals surface area contributed by atoms with Crippen molar-refractivity contribution in [3.05, 3.63) is 29.3 Å². The van der Waals surface area contributed by atoms with Gasteiger partial charge in [0.15, 0.2) is 0 Å². The zero-order valence-corrected chi connectivity index (χ0v) is 14.4. The van der Waals surface area contributed by atoms with E-state index in [0.717, 1.165) is 36.2 Å². The van der Waals surface area contributed by atoms with Crippen molar-refractivity contribution in [1.82, 2.24) is 15.5 Å². The summed E-state index contributed by atoms with van der Waals surface area (Å²) in [6.07, 6.45) is 3.47. The minimum atomic E-state index is -0.446. The highest BCUT2D eigenvalue weighted by molar-refractivity contribution is 6.03. The van der Waals surface area contributed by atoms with Crippen LogP contribution in [-0.4, -0.2) is 42.1 Å². The van der Waals surface area contributed by atoms with Crippen LogP contribution >= 0.6 is 0 Å². The van der Waals surface area contributed by atoms with Gasteiger partial charge in [0.2, 0.25) is 0 Å². The molecule has 1 saturated heterocycles. The standard InChI is InChI=1S/C18H26N4O2/c1-3-4-10-19-17(24)22-11-8-18(9-12-22)20-14-7-5-6-13(2)15(14)16(23)21-18/h5-7,20H,3-4,8-12H2,1-2H3,(H,19,24)(H,21,23). The van der Waals surface area contributed by atoms with Crippen molar-refractivity contribution >= 4 is 17.6 Å². The maximum Gasteiger partial charge on any atom is 0.317 e. The molecule has 1 fully saturated rings. The fraction of sp³-hybridized carbons (Fsp3) is 0.556. The van der Waals surface area contributed by atoms with E-state index in [2.05, 4.69) is 22.9 Å². The summed E-state index contributed by atoms with van der Waals surface area (Å²) in [6, 6.07) is 5.86. The maximum absolute atomic E-state index is 12.5. The van der Waals surface area contributed by atoms with Gasteiger partial charge in [-0.2, -0.15) is 0 Å². The first kappa shape index (κ1) is 16.6. The van der Waals surface area contributed by atoms with Gasteiger partial charge in [0, 0.05) is 38.2 Å². The number of rotatable bonds is 3. The first-order valence-corrected chi connectivity index (χ1v) is 8.78. The van der Waals surface area contributed by atoms with E-state index in [1.54, 1.807) is 0 Å². The van der Waals surface area contributed by atoms with Gasteiger partial charge in [-0.3, -0.25) is 4.79 Å². The monoisotopic (exact) mass is 330 g/mol. The molecule has 0 aliphatic carbocycles. The van der Waals surface area contributed by atoms with Gasteiger partial charge >= 0.3 is 6.03 Å². The zero-order chi connectivity index (χ0) is 17.2. The lowest BCUT2D eigenvalue weighted by atomic mass is 9.91. The normalized spacial score (nSPS) is 18.6. The molecule has 3 amide bonds. The largest absolute Gasteiger partial charge is 0.362 e. The summed E-state index contributed by atoms with van der Waals surface area (Å²) < 4.78 is 0. The van der Waals surface area contributed by atoms with Crippen LogP contribution in [0.2, 0.25) is 0 Å². The minimum absolute atomic E-state index is 0.00307. The number of unbranched alkanes of at least 4 members (excludes halogenated alkanes) is 1. The predicted molar refractivity (Wildman–Crippen MR) is 94.1 cm³/mol. The van der Waals surface area contributed by atoms with Gasteiger partial charge in [-0.1, -0.05) is 25.5 Å². The number of anilines is 1. The Morgan fingerprint density at radius 2 is 2.04 bits per heavy atom. The lowest BCUT2D eigenvalue weighted by Gasteiger charge is -2.46. The molecule has 2 aliphatic heterocycles. The van der Waals surface area contributed by atoms with E-state index in [0.29, 0.717) is 25.9 Å². The van der Waals surface area contributed by atoms with Crippen molar-refractivity contribution in [2.45, 2.75) is 45.2 Å². The van der Waals surface area contributed by atoms with E-state index in [4.69, 9.17) is 0 Å². The van der Waals surface area contributed by atoms with Gasteiger partial charge in [-0.25, -0.2) is 4.79 Å². The Morgan fingerprint density at radius 1 is 1.29 bits per heavy atom. The highest BCUT2D eigenvalue weighted by atomic mass is 16.2. The molecule has 1 spiro atoms. The fourth-order valence-corrected chi connectivity index (χ4v) is 3.47. The summed E-state index contributed by atoms with van der Waals surface area (Å²) in [6.45, 7) is 6.03. The number of fused-ring (bicyclic) bond motifs is 1. The Hall–Kier alpha value is -2.24. The molecule has 0 radical (unpaired) electrons. The number of hydrogen-bond acceptors (Lipinski definition) is 3. The molecule has 0 atom stereocenters. The zero-order valence-electron chi connectivity index (χ0n) is 14.4. The topological polar surface area (TPSA) is 73.5 Å². The van der Waals surface area contributed by atoms with E-state index in [-0.39, 0.29) is 11.9 Å². The molecule has 24 heavy (non-hydrogen) atoms. The maximum atomic E-state index is 12.5. The number of hydrogen-bond donors (Lipinski definition) is 3. The van der Waals surface area contributed by atoms with Gasteiger partial charge in [-0.15, -0.1) is 0 Å². The SMILES string of the molecule is CCCCNC(=O)N1CCC2(CC1)NC(=O)c1c(C)cccc1N2. The van der Waals surface area contributed by atoms with Crippen LogP contribution in [0.25, 0.3) is 0 Å². The number of amides is 3. The van der Waals surface area contributed by atoms with Gasteiger partial charge in [0.25, 0.3) is 5.91 Å². The molecule has 1 aromatic rings. The van der Waals surface area contributed by atoms with Crippen LogP contribution in [0.5, 0.6) is 0 Å². The number of benzene rings is 1. The molecule has 0 bridgehead atoms. The van der Waals surface area contributed by atoms with Crippen molar-refractivity contribution in [3.63, 3.8) is 0 Å². The molecule has 0 saturated carbocycles. The molecule has 3 N–H and O–H groups in total. The third-order valence-electron chi connectivity index (χ3n) is 4.94. The smallest absolute Gasteiger partial charge is 0.317 e. The summed E-state index contributed by atoms with van der Waals surface area (Å²) in [4.78, 5) is 26.5. The Bertz CT molecular complexity index is 636. The molecular formula is C18H26N4O2. The Kier molecular flexibility index (Phi) is 4.64. The molecular weight excluding hydrogens is 304 g/mol. The van der Waals surface area contributed by atoms with E-state index in [1.165, 1.54) is 0 Å². The van der Waals surface area contributed by atoms with Crippen molar-refractivity contribution in [3.8, 4) is 0 Å². The predicted octanol–water partition coefficient (Wildman–Crippen LogP) is 2.45. The summed E-state index contributed by atoms with van der Waals surface area (Å²) in [7, 11) is 0. The summed E-state index contributed by atoms with van der Waals surface area (Å²) in [5, 5.41) is 9.59. The van der Waals surface area contributed by atoms with Crippen molar-refractivity contribution in [2.75, 3.05) is 25.0 Å². The third-order valence-corrected chi connectivity index (χ3v) is 4.94. The number of carbonyl (C=O) groups excluding carboxylic acids is 2. The number of carbonyl (C=O) groups is 2. The average molecular weight is 330 g/mol. The minimum Gasteiger partial charge on any atom is -0.362 e. The third kappa shape index (κ3) is 3.18. The first-order chi connectivity index (χ1) is 11.5. The Labute approximate surface area is 143 Å². The molecule has 2 heterocycles. The molecule has 0 unspecified atom stereocenters. The molecule has 130 valence electrons.